The van der Waals surface area contributed by atoms with E-state index in [0.717, 1.165) is 0 Å². The topological polar surface area (TPSA) is 121 Å². The smallest absolute Gasteiger partial charge is 0.295 e. The van der Waals surface area contributed by atoms with Crippen LogP contribution in [-0.4, -0.2) is 28.0 Å². The number of hydrogen-bond donors (Lipinski definition) is 1. The largest absolute Gasteiger partial charge is 0.303 e. The predicted molar refractivity (Wildman–Crippen MR) is 73.4 cm³/mol. The molecule has 1 aromatic rings. The molecule has 0 radical (unpaired) electrons. The zero-order chi connectivity index (χ0) is 14.5. The van der Waals surface area contributed by atoms with E-state index < -0.39 is 4.92 Å². The van der Waals surface area contributed by atoms with Crippen molar-refractivity contribution in [1.82, 2.24) is 5.32 Å². The molecule has 8 nitrogen and oxygen atoms in total. The maximum atomic E-state index is 11.0. The van der Waals surface area contributed by atoms with Gasteiger partial charge in [-0.3, -0.25) is 14.9 Å². The Morgan fingerprint density at radius 3 is 2.95 bits per heavy atom. The third-order valence-corrected chi connectivity index (χ3v) is 3.17. The van der Waals surface area contributed by atoms with Gasteiger partial charge in [-0.25, -0.2) is 0 Å². The van der Waals surface area contributed by atoms with Crippen LogP contribution in [0.5, 0.6) is 0 Å². The number of nitriles is 1. The molecule has 9 heteroatoms. The Labute approximate surface area is 117 Å². The molecule has 0 spiro atoms. The van der Waals surface area contributed by atoms with E-state index in [2.05, 4.69) is 15.5 Å². The Morgan fingerprint density at radius 1 is 1.55 bits per heavy atom. The Balaban J connectivity index is 2.28. The van der Waals surface area contributed by atoms with E-state index in [1.807, 2.05) is 0 Å². The van der Waals surface area contributed by atoms with Crippen molar-refractivity contribution in [3.63, 3.8) is 0 Å². The van der Waals surface area contributed by atoms with Gasteiger partial charge in [0.15, 0.2) is 5.17 Å². The quantitative estimate of drug-likeness (QED) is 0.506. The average molecular weight is 289 g/mol. The zero-order valence-electron chi connectivity index (χ0n) is 9.94. The molecule has 1 fully saturated rings. The van der Waals surface area contributed by atoms with Gasteiger partial charge in [-0.05, 0) is 12.1 Å². The van der Waals surface area contributed by atoms with Crippen molar-refractivity contribution in [3.8, 4) is 6.07 Å². The lowest BCUT2D eigenvalue weighted by atomic mass is 10.1. The summed E-state index contributed by atoms with van der Waals surface area (Å²) in [5.74, 6) is 0.111. The number of thioether (sulfide) groups is 1. The van der Waals surface area contributed by atoms with Crippen LogP contribution < -0.4 is 5.32 Å². The lowest BCUT2D eigenvalue weighted by molar-refractivity contribution is -0.385. The summed E-state index contributed by atoms with van der Waals surface area (Å²) < 4.78 is 0. The van der Waals surface area contributed by atoms with Crippen LogP contribution in [0.4, 0.5) is 5.69 Å². The Bertz CT molecular complexity index is 677. The standard InChI is InChI=1S/C11H7N5O3S/c12-4-7-2-1-3-8(10(7)16(18)19)5-13-15-11-14-9(17)6-20-11/h1-3,5H,6H2,(H,14,15,17). The van der Waals surface area contributed by atoms with Crippen molar-refractivity contribution in [3.05, 3.63) is 39.4 Å². The molecule has 20 heavy (non-hydrogen) atoms. The number of amidine groups is 1. The minimum Gasteiger partial charge on any atom is -0.303 e. The minimum absolute atomic E-state index is 0.0462. The molecular formula is C11H7N5O3S. The van der Waals surface area contributed by atoms with Crippen LogP contribution in [0, 0.1) is 21.4 Å². The number of rotatable bonds is 3. The second-order valence-electron chi connectivity index (χ2n) is 3.60. The van der Waals surface area contributed by atoms with Gasteiger partial charge >= 0.3 is 0 Å². The third kappa shape index (κ3) is 2.99. The molecule has 0 aromatic heterocycles. The van der Waals surface area contributed by atoms with Gasteiger partial charge in [0.25, 0.3) is 5.69 Å². The number of nitro groups is 1. The van der Waals surface area contributed by atoms with E-state index in [1.54, 1.807) is 6.07 Å². The van der Waals surface area contributed by atoms with Crippen molar-refractivity contribution >= 4 is 34.7 Å². The number of nitrogens with zero attached hydrogens (tertiary/aromatic N) is 4. The number of para-hydroxylation sites is 1. The van der Waals surface area contributed by atoms with E-state index in [1.165, 1.54) is 36.2 Å². The van der Waals surface area contributed by atoms with Gasteiger partial charge in [0.05, 0.1) is 22.5 Å². The van der Waals surface area contributed by atoms with Crippen LogP contribution in [0.3, 0.4) is 0 Å². The molecule has 0 aliphatic carbocycles. The van der Waals surface area contributed by atoms with Gasteiger partial charge in [0, 0.05) is 0 Å². The van der Waals surface area contributed by atoms with E-state index >= 15 is 0 Å². The van der Waals surface area contributed by atoms with Crippen LogP contribution in [0.15, 0.2) is 28.4 Å². The maximum Gasteiger partial charge on any atom is 0.295 e. The first-order valence-corrected chi connectivity index (χ1v) is 6.31. The maximum absolute atomic E-state index is 11.0. The Hall–Kier alpha value is -2.73. The lowest BCUT2D eigenvalue weighted by Gasteiger charge is -1.97. The van der Waals surface area contributed by atoms with Gasteiger partial charge < -0.3 is 5.32 Å². The predicted octanol–water partition coefficient (Wildman–Crippen LogP) is 1.02. The van der Waals surface area contributed by atoms with Gasteiger partial charge in [-0.15, -0.1) is 5.10 Å². The molecule has 0 bridgehead atoms. The normalized spacial score (nSPS) is 16.4. The van der Waals surface area contributed by atoms with E-state index in [0.29, 0.717) is 5.17 Å². The molecule has 1 amide bonds. The summed E-state index contributed by atoms with van der Waals surface area (Å²) in [4.78, 5) is 21.2. The molecule has 0 saturated carbocycles. The van der Waals surface area contributed by atoms with Gasteiger partial charge in [-0.2, -0.15) is 10.4 Å². The molecule has 0 atom stereocenters. The summed E-state index contributed by atoms with van der Waals surface area (Å²) in [6.07, 6.45) is 1.18. The van der Waals surface area contributed by atoms with Crippen LogP contribution in [0.25, 0.3) is 0 Å². The second kappa shape index (κ2) is 5.94. The number of hydrogen-bond acceptors (Lipinski definition) is 7. The molecule has 1 N–H and O–H groups in total. The number of benzene rings is 1. The van der Waals surface area contributed by atoms with Gasteiger partial charge in [0.1, 0.15) is 11.6 Å². The van der Waals surface area contributed by atoms with Crippen molar-refractivity contribution in [1.29, 1.82) is 5.26 Å². The van der Waals surface area contributed by atoms with Crippen LogP contribution in [0.2, 0.25) is 0 Å². The molecule has 1 heterocycles. The molecule has 100 valence electrons. The molecule has 0 unspecified atom stereocenters. The summed E-state index contributed by atoms with van der Waals surface area (Å²) in [5.41, 5.74) is -0.190. The number of nitrogens with one attached hydrogen (secondary N) is 1. The lowest BCUT2D eigenvalue weighted by Crippen LogP contribution is -2.19. The fourth-order valence-corrected chi connectivity index (χ4v) is 2.11. The summed E-state index contributed by atoms with van der Waals surface area (Å²) in [7, 11) is 0. The van der Waals surface area contributed by atoms with Crippen molar-refractivity contribution in [2.75, 3.05) is 5.75 Å². The van der Waals surface area contributed by atoms with Gasteiger partial charge in [0.2, 0.25) is 5.91 Å². The fraction of sp³-hybridized carbons (Fsp3) is 0.0909. The average Bonchev–Trinajstić information content (AvgIpc) is 2.83. The summed E-state index contributed by atoms with van der Waals surface area (Å²) >= 11 is 1.19. The summed E-state index contributed by atoms with van der Waals surface area (Å²) in [6, 6.07) is 6.09. The van der Waals surface area contributed by atoms with Crippen LogP contribution in [0.1, 0.15) is 11.1 Å². The first-order chi connectivity index (χ1) is 9.61. The van der Waals surface area contributed by atoms with Crippen LogP contribution in [-0.2, 0) is 4.79 Å². The monoisotopic (exact) mass is 289 g/mol. The Kier molecular flexibility index (Phi) is 4.07. The number of nitro benzene ring substituents is 1. The number of carbonyl (C=O) groups is 1. The molecular weight excluding hydrogens is 282 g/mol. The highest BCUT2D eigenvalue weighted by molar-refractivity contribution is 8.15. The first-order valence-electron chi connectivity index (χ1n) is 5.33. The SMILES string of the molecule is N#Cc1cccc(C=NN=C2NC(=O)CS2)c1[N+](=O)[O-]. The second-order valence-corrected chi connectivity index (χ2v) is 4.56. The van der Waals surface area contributed by atoms with Gasteiger partial charge in [-0.1, -0.05) is 17.8 Å². The fourth-order valence-electron chi connectivity index (χ4n) is 1.48. The highest BCUT2D eigenvalue weighted by Crippen LogP contribution is 2.21. The third-order valence-electron chi connectivity index (χ3n) is 2.30. The number of carbonyl (C=O) groups excluding carboxylic acids is 1. The molecule has 1 saturated heterocycles. The molecule has 1 aliphatic rings. The highest BCUT2D eigenvalue weighted by atomic mass is 32.2. The van der Waals surface area contributed by atoms with E-state index in [-0.39, 0.29) is 28.5 Å². The van der Waals surface area contributed by atoms with Crippen molar-refractivity contribution in [2.45, 2.75) is 0 Å². The highest BCUT2D eigenvalue weighted by Gasteiger charge is 2.18. The minimum atomic E-state index is -0.640. The van der Waals surface area contributed by atoms with E-state index in [9.17, 15) is 14.9 Å². The zero-order valence-corrected chi connectivity index (χ0v) is 10.8. The summed E-state index contributed by atoms with van der Waals surface area (Å²) in [6.45, 7) is 0. The summed E-state index contributed by atoms with van der Waals surface area (Å²) in [5, 5.41) is 30.0. The first kappa shape index (κ1) is 13.7. The number of amides is 1. The molecule has 1 aromatic carbocycles. The van der Waals surface area contributed by atoms with Crippen molar-refractivity contribution in [2.24, 2.45) is 10.2 Å². The van der Waals surface area contributed by atoms with Crippen LogP contribution >= 0.6 is 11.8 Å². The van der Waals surface area contributed by atoms with E-state index in [4.69, 9.17) is 5.26 Å². The Morgan fingerprint density at radius 2 is 2.35 bits per heavy atom. The molecule has 1 aliphatic heterocycles. The molecule has 2 rings (SSSR count). The van der Waals surface area contributed by atoms with Crippen molar-refractivity contribution < 1.29 is 9.72 Å².